The molecule has 0 heterocycles. The van der Waals surface area contributed by atoms with Gasteiger partial charge >= 0.3 is 0 Å². The average Bonchev–Trinajstić information content (AvgIpc) is 2.40. The summed E-state index contributed by atoms with van der Waals surface area (Å²) in [7, 11) is 0. The molecule has 0 saturated carbocycles. The van der Waals surface area contributed by atoms with Crippen LogP contribution in [0.2, 0.25) is 10.0 Å². The molecule has 0 saturated heterocycles. The minimum absolute atomic E-state index is 0.709. The molecule has 2 N–H and O–H groups in total. The maximum absolute atomic E-state index is 5.93. The van der Waals surface area contributed by atoms with Gasteiger partial charge in [0.1, 0.15) is 0 Å². The molecule has 20 heavy (non-hydrogen) atoms. The van der Waals surface area contributed by atoms with Crippen LogP contribution in [0.25, 0.3) is 0 Å². The first-order chi connectivity index (χ1) is 9.43. The molecular formula is C14H13Cl2I2NS. The lowest BCUT2D eigenvalue weighted by Crippen LogP contribution is -1.83. The van der Waals surface area contributed by atoms with Crippen LogP contribution in [0.15, 0.2) is 41.3 Å². The summed E-state index contributed by atoms with van der Waals surface area (Å²) in [5.74, 6) is 1.09. The summed E-state index contributed by atoms with van der Waals surface area (Å²) in [5, 5.41) is 1.57. The van der Waals surface area contributed by atoms with E-state index in [1.165, 1.54) is 4.90 Å². The van der Waals surface area contributed by atoms with E-state index in [0.717, 1.165) is 22.9 Å². The van der Waals surface area contributed by atoms with Crippen molar-refractivity contribution in [1.29, 1.82) is 0 Å². The Labute approximate surface area is 161 Å². The van der Waals surface area contributed by atoms with Crippen LogP contribution in [0.4, 0.5) is 5.69 Å². The zero-order chi connectivity index (χ0) is 15.1. The molecule has 0 aliphatic rings. The summed E-state index contributed by atoms with van der Waals surface area (Å²) in [6.45, 7) is 2.14. The lowest BCUT2D eigenvalue weighted by atomic mass is 10.3. The van der Waals surface area contributed by atoms with E-state index in [9.17, 15) is 0 Å². The first-order valence-corrected chi connectivity index (χ1v) is 9.62. The second-order valence-corrected chi connectivity index (χ2v) is 8.16. The van der Waals surface area contributed by atoms with Crippen molar-refractivity contribution in [3.8, 4) is 0 Å². The van der Waals surface area contributed by atoms with Crippen molar-refractivity contribution in [2.24, 2.45) is 0 Å². The number of nitrogens with two attached hydrogens (primary N) is 1. The third-order valence-electron chi connectivity index (χ3n) is 2.15. The highest BCUT2D eigenvalue weighted by molar-refractivity contribution is 14.1. The zero-order valence-corrected chi connectivity index (χ0v) is 17.3. The van der Waals surface area contributed by atoms with Gasteiger partial charge in [0.15, 0.2) is 0 Å². The summed E-state index contributed by atoms with van der Waals surface area (Å²) in [5.41, 5.74) is 6.15. The Morgan fingerprint density at radius 1 is 1.00 bits per heavy atom. The van der Waals surface area contributed by atoms with Crippen molar-refractivity contribution in [2.75, 3.05) is 11.5 Å². The van der Waals surface area contributed by atoms with Gasteiger partial charge in [0.05, 0.1) is 10.0 Å². The van der Waals surface area contributed by atoms with Gasteiger partial charge in [-0.2, -0.15) is 0 Å². The SMILES string of the molecule is CCSc1ccc(I)c(Cl)c1.Nc1ccc(I)c(Cl)c1. The molecule has 0 unspecified atom stereocenters. The number of hydrogen-bond donors (Lipinski definition) is 1. The lowest BCUT2D eigenvalue weighted by molar-refractivity contribution is 1.41. The normalized spacial score (nSPS) is 9.85. The van der Waals surface area contributed by atoms with Gasteiger partial charge in [0.25, 0.3) is 0 Å². The van der Waals surface area contributed by atoms with Crippen LogP contribution in [0.5, 0.6) is 0 Å². The largest absolute Gasteiger partial charge is 0.399 e. The summed E-state index contributed by atoms with van der Waals surface area (Å²) in [4.78, 5) is 1.25. The number of anilines is 1. The maximum atomic E-state index is 5.93. The van der Waals surface area contributed by atoms with Gasteiger partial charge in [-0.1, -0.05) is 30.1 Å². The molecule has 2 aromatic carbocycles. The van der Waals surface area contributed by atoms with Gasteiger partial charge in [-0.25, -0.2) is 0 Å². The number of nitrogen functional groups attached to an aromatic ring is 1. The minimum Gasteiger partial charge on any atom is -0.399 e. The molecule has 0 aromatic heterocycles. The second-order valence-electron chi connectivity index (χ2n) is 3.68. The van der Waals surface area contributed by atoms with E-state index in [4.69, 9.17) is 28.9 Å². The van der Waals surface area contributed by atoms with Crippen molar-refractivity contribution >= 4 is 85.8 Å². The van der Waals surface area contributed by atoms with Crippen molar-refractivity contribution in [2.45, 2.75) is 11.8 Å². The van der Waals surface area contributed by atoms with Gasteiger partial charge in [0.2, 0.25) is 0 Å². The molecule has 0 aliphatic carbocycles. The topological polar surface area (TPSA) is 26.0 Å². The predicted octanol–water partition coefficient (Wildman–Crippen LogP) is 6.58. The van der Waals surface area contributed by atoms with Crippen LogP contribution in [0, 0.1) is 7.14 Å². The Kier molecular flexibility index (Phi) is 8.97. The third kappa shape index (κ3) is 6.60. The van der Waals surface area contributed by atoms with Crippen molar-refractivity contribution in [1.82, 2.24) is 0 Å². The lowest BCUT2D eigenvalue weighted by Gasteiger charge is -1.99. The fraction of sp³-hybridized carbons (Fsp3) is 0.143. The Balaban J connectivity index is 0.000000204. The second kappa shape index (κ2) is 9.61. The van der Waals surface area contributed by atoms with E-state index in [0.29, 0.717) is 5.69 Å². The van der Waals surface area contributed by atoms with E-state index in [2.05, 4.69) is 58.2 Å². The van der Waals surface area contributed by atoms with Crippen molar-refractivity contribution < 1.29 is 0 Å². The molecule has 0 bridgehead atoms. The molecule has 0 fully saturated rings. The Morgan fingerprint density at radius 3 is 2.00 bits per heavy atom. The maximum Gasteiger partial charge on any atom is 0.0559 e. The number of benzene rings is 2. The standard InChI is InChI=1S/C8H8ClIS.C6H5ClIN/c1-2-11-6-3-4-8(10)7(9)5-6;7-5-3-4(9)1-2-6(5)8/h3-5H,2H2,1H3;1-3H,9H2. The monoisotopic (exact) mass is 551 g/mol. The number of hydrogen-bond acceptors (Lipinski definition) is 2. The predicted molar refractivity (Wildman–Crippen MR) is 109 cm³/mol. The molecule has 6 heteroatoms. The fourth-order valence-electron chi connectivity index (χ4n) is 1.25. The summed E-state index contributed by atoms with van der Waals surface area (Å²) in [6, 6.07) is 11.6. The number of thioether (sulfide) groups is 1. The van der Waals surface area contributed by atoms with E-state index in [1.54, 1.807) is 6.07 Å². The first-order valence-electron chi connectivity index (χ1n) is 5.72. The Bertz CT molecular complexity index is 579. The molecule has 2 rings (SSSR count). The Morgan fingerprint density at radius 2 is 1.55 bits per heavy atom. The van der Waals surface area contributed by atoms with Crippen LogP contribution in [0.1, 0.15) is 6.92 Å². The van der Waals surface area contributed by atoms with Crippen LogP contribution >= 0.6 is 80.1 Å². The zero-order valence-electron chi connectivity index (χ0n) is 10.7. The summed E-state index contributed by atoms with van der Waals surface area (Å²) in [6.07, 6.45) is 0. The Hall–Kier alpha value is 0.630. The van der Waals surface area contributed by atoms with Crippen LogP contribution in [-0.4, -0.2) is 5.75 Å². The van der Waals surface area contributed by atoms with Gasteiger partial charge < -0.3 is 5.73 Å². The minimum atomic E-state index is 0.709. The molecule has 2 aromatic rings. The van der Waals surface area contributed by atoms with Crippen molar-refractivity contribution in [3.63, 3.8) is 0 Å². The van der Waals surface area contributed by atoms with Gasteiger partial charge in [-0.3, -0.25) is 0 Å². The molecule has 0 spiro atoms. The third-order valence-corrected chi connectivity index (χ3v) is 6.17. The van der Waals surface area contributed by atoms with Gasteiger partial charge in [-0.05, 0) is 87.3 Å². The molecule has 0 amide bonds. The first kappa shape index (κ1) is 18.7. The van der Waals surface area contributed by atoms with Gasteiger partial charge in [-0.15, -0.1) is 11.8 Å². The average molecular weight is 552 g/mol. The van der Waals surface area contributed by atoms with Gasteiger partial charge in [0, 0.05) is 17.7 Å². The highest BCUT2D eigenvalue weighted by atomic mass is 127. The van der Waals surface area contributed by atoms with E-state index >= 15 is 0 Å². The highest BCUT2D eigenvalue weighted by Crippen LogP contribution is 2.25. The molecule has 0 radical (unpaired) electrons. The molecular weight excluding hydrogens is 539 g/mol. The van der Waals surface area contributed by atoms with Crippen LogP contribution in [0.3, 0.4) is 0 Å². The molecule has 0 atom stereocenters. The summed E-state index contributed by atoms with van der Waals surface area (Å²) < 4.78 is 2.15. The van der Waals surface area contributed by atoms with Crippen LogP contribution in [-0.2, 0) is 0 Å². The van der Waals surface area contributed by atoms with E-state index in [1.807, 2.05) is 36.0 Å². The smallest absolute Gasteiger partial charge is 0.0559 e. The number of halogens is 4. The summed E-state index contributed by atoms with van der Waals surface area (Å²) >= 11 is 17.8. The molecule has 1 nitrogen and oxygen atoms in total. The highest BCUT2D eigenvalue weighted by Gasteiger charge is 1.97. The van der Waals surface area contributed by atoms with E-state index < -0.39 is 0 Å². The number of rotatable bonds is 2. The fourth-order valence-corrected chi connectivity index (χ4v) is 3.05. The molecule has 108 valence electrons. The van der Waals surface area contributed by atoms with Crippen molar-refractivity contribution in [3.05, 3.63) is 53.6 Å². The van der Waals surface area contributed by atoms with Crippen LogP contribution < -0.4 is 5.73 Å². The van der Waals surface area contributed by atoms with E-state index in [-0.39, 0.29) is 0 Å². The quantitative estimate of drug-likeness (QED) is 0.259. The molecule has 0 aliphatic heterocycles.